The average molecular weight is 583 g/mol. The SMILES string of the molecule is CO.Nc1nc(SCCO)c2ncn(C3CCC(COP(=O)(O)OP(=O)(O)OP(=O)(O)O)O3)c2n1. The maximum atomic E-state index is 11.8. The lowest BCUT2D eigenvalue weighted by atomic mass is 10.2. The quantitative estimate of drug-likeness (QED) is 0.105. The van der Waals surface area contributed by atoms with Crippen LogP contribution in [0.2, 0.25) is 0 Å². The predicted molar refractivity (Wildman–Crippen MR) is 119 cm³/mol. The Balaban J connectivity index is 0.00000210. The average Bonchev–Trinajstić information content (AvgIpc) is 3.36. The van der Waals surface area contributed by atoms with Crippen molar-refractivity contribution in [3.63, 3.8) is 0 Å². The van der Waals surface area contributed by atoms with Crippen molar-refractivity contribution in [3.8, 4) is 0 Å². The molecule has 8 N–H and O–H groups in total. The fraction of sp³-hybridized carbons (Fsp3) is 0.615. The Morgan fingerprint density at radius 3 is 2.46 bits per heavy atom. The van der Waals surface area contributed by atoms with Gasteiger partial charge >= 0.3 is 23.5 Å². The normalized spacial score (nSPS) is 21.8. The van der Waals surface area contributed by atoms with Crippen molar-refractivity contribution in [1.29, 1.82) is 0 Å². The summed E-state index contributed by atoms with van der Waals surface area (Å²) in [4.78, 5) is 48.3. The molecule has 3 rings (SSSR count). The van der Waals surface area contributed by atoms with E-state index in [1.165, 1.54) is 18.1 Å². The van der Waals surface area contributed by atoms with Crippen LogP contribution >= 0.6 is 35.2 Å². The third-order valence-electron chi connectivity index (χ3n) is 3.97. The van der Waals surface area contributed by atoms with E-state index in [2.05, 4.69) is 28.1 Å². The molecule has 18 nitrogen and oxygen atoms in total. The first-order chi connectivity index (χ1) is 16.3. The number of phosphoric ester groups is 1. The maximum Gasteiger partial charge on any atom is 0.490 e. The molecule has 0 aliphatic carbocycles. The van der Waals surface area contributed by atoms with Crippen LogP contribution in [0, 0.1) is 0 Å². The molecule has 200 valence electrons. The molecule has 0 bridgehead atoms. The van der Waals surface area contributed by atoms with E-state index in [1.807, 2.05) is 0 Å². The Labute approximate surface area is 201 Å². The van der Waals surface area contributed by atoms with Crippen LogP contribution in [0.4, 0.5) is 5.95 Å². The van der Waals surface area contributed by atoms with Crippen molar-refractivity contribution >= 4 is 52.3 Å². The fourth-order valence-electron chi connectivity index (χ4n) is 2.85. The first kappa shape index (κ1) is 30.2. The first-order valence-corrected chi connectivity index (χ1v) is 14.9. The number of anilines is 1. The van der Waals surface area contributed by atoms with Gasteiger partial charge in [-0.15, -0.1) is 11.8 Å². The first-order valence-electron chi connectivity index (χ1n) is 9.41. The molecule has 0 saturated carbocycles. The van der Waals surface area contributed by atoms with Gasteiger partial charge in [0, 0.05) is 12.9 Å². The second-order valence-electron chi connectivity index (χ2n) is 6.46. The van der Waals surface area contributed by atoms with Crippen molar-refractivity contribution in [2.75, 3.05) is 31.8 Å². The lowest BCUT2D eigenvalue weighted by Gasteiger charge is -2.18. The largest absolute Gasteiger partial charge is 0.490 e. The molecule has 1 fully saturated rings. The molecule has 0 amide bonds. The van der Waals surface area contributed by atoms with Gasteiger partial charge in [0.15, 0.2) is 5.65 Å². The Kier molecular flexibility index (Phi) is 10.8. The van der Waals surface area contributed by atoms with E-state index >= 15 is 0 Å². The number of thioether (sulfide) groups is 1. The van der Waals surface area contributed by atoms with Gasteiger partial charge in [-0.25, -0.2) is 23.7 Å². The van der Waals surface area contributed by atoms with E-state index in [0.717, 1.165) is 7.11 Å². The van der Waals surface area contributed by atoms with Gasteiger partial charge in [0.2, 0.25) is 5.95 Å². The van der Waals surface area contributed by atoms with Crippen LogP contribution in [0.3, 0.4) is 0 Å². The van der Waals surface area contributed by atoms with E-state index in [9.17, 15) is 23.5 Å². The molecule has 4 atom stereocenters. The second kappa shape index (κ2) is 12.5. The summed E-state index contributed by atoms with van der Waals surface area (Å²) in [6, 6.07) is 0. The number of nitrogen functional groups attached to an aromatic ring is 1. The molecule has 3 heterocycles. The third-order valence-corrected chi connectivity index (χ3v) is 8.72. The zero-order valence-corrected chi connectivity index (χ0v) is 21.4. The van der Waals surface area contributed by atoms with Crippen molar-refractivity contribution < 1.29 is 61.4 Å². The van der Waals surface area contributed by atoms with Crippen LogP contribution < -0.4 is 5.73 Å². The fourth-order valence-corrected chi connectivity index (χ4v) is 6.63. The number of ether oxygens (including phenoxy) is 1. The van der Waals surface area contributed by atoms with Gasteiger partial charge in [0.25, 0.3) is 0 Å². The molecule has 4 unspecified atom stereocenters. The molecule has 0 aromatic carbocycles. The molecule has 2 aromatic rings. The van der Waals surface area contributed by atoms with Crippen LogP contribution in [0.5, 0.6) is 0 Å². The highest BCUT2D eigenvalue weighted by atomic mass is 32.2. The highest BCUT2D eigenvalue weighted by molar-refractivity contribution is 7.99. The smallest absolute Gasteiger partial charge is 0.400 e. The lowest BCUT2D eigenvalue weighted by molar-refractivity contribution is -0.0205. The van der Waals surface area contributed by atoms with E-state index < -0.39 is 42.4 Å². The standard InChI is InChI=1S/C12H20N5O12P3S.CH4O/c13-12-15-10-9(11(16-12)33-4-3-18)14-6-17(10)8-2-1-7(27-8)5-26-31(22,23)29-32(24,25)28-30(19,20)21;1-2/h6-8,18H,1-5H2,(H,22,23)(H,24,25)(H2,13,15,16)(H2,19,20,21);2H,1H3. The number of aliphatic hydroxyl groups excluding tert-OH is 2. The molecule has 0 radical (unpaired) electrons. The zero-order valence-electron chi connectivity index (χ0n) is 17.9. The lowest BCUT2D eigenvalue weighted by Crippen LogP contribution is -2.16. The van der Waals surface area contributed by atoms with E-state index in [-0.39, 0.29) is 12.6 Å². The van der Waals surface area contributed by atoms with Crippen LogP contribution in [0.1, 0.15) is 19.1 Å². The highest BCUT2D eigenvalue weighted by Gasteiger charge is 2.41. The van der Waals surface area contributed by atoms with Gasteiger partial charge in [-0.2, -0.15) is 13.6 Å². The molecule has 1 saturated heterocycles. The van der Waals surface area contributed by atoms with Gasteiger partial charge in [-0.3, -0.25) is 9.09 Å². The summed E-state index contributed by atoms with van der Waals surface area (Å²) in [6.45, 7) is -0.624. The number of hydrogen-bond donors (Lipinski definition) is 7. The Bertz CT molecular complexity index is 1150. The van der Waals surface area contributed by atoms with Crippen LogP contribution in [-0.4, -0.2) is 81.5 Å². The summed E-state index contributed by atoms with van der Waals surface area (Å²) in [7, 11) is -15.3. The molecule has 1 aliphatic rings. The summed E-state index contributed by atoms with van der Waals surface area (Å²) in [5.41, 5.74) is 6.58. The summed E-state index contributed by atoms with van der Waals surface area (Å²) in [5, 5.41) is 16.5. The molecule has 1 aliphatic heterocycles. The van der Waals surface area contributed by atoms with Gasteiger partial charge < -0.3 is 40.3 Å². The Morgan fingerprint density at radius 2 is 1.83 bits per heavy atom. The second-order valence-corrected chi connectivity index (χ2v) is 12.0. The maximum absolute atomic E-state index is 11.8. The third kappa shape index (κ3) is 9.10. The molecular weight excluding hydrogens is 559 g/mol. The van der Waals surface area contributed by atoms with E-state index in [1.54, 1.807) is 4.57 Å². The van der Waals surface area contributed by atoms with Crippen molar-refractivity contribution in [3.05, 3.63) is 6.33 Å². The van der Waals surface area contributed by atoms with Crippen molar-refractivity contribution in [1.82, 2.24) is 19.5 Å². The summed E-state index contributed by atoms with van der Waals surface area (Å²) >= 11 is 1.25. The number of nitrogens with zero attached hydrogens (tertiary/aromatic N) is 4. The van der Waals surface area contributed by atoms with Gasteiger partial charge in [0.1, 0.15) is 16.8 Å². The highest BCUT2D eigenvalue weighted by Crippen LogP contribution is 2.66. The number of hydrogen-bond acceptors (Lipinski definition) is 14. The van der Waals surface area contributed by atoms with Gasteiger partial charge in [0.05, 0.1) is 25.6 Å². The molecule has 0 spiro atoms. The van der Waals surface area contributed by atoms with Crippen LogP contribution in [0.15, 0.2) is 11.4 Å². The Hall–Kier alpha value is -1.01. The number of phosphoric acid groups is 3. The number of rotatable bonds is 11. The van der Waals surface area contributed by atoms with Crippen molar-refractivity contribution in [2.45, 2.75) is 30.2 Å². The summed E-state index contributed by atoms with van der Waals surface area (Å²) in [5.74, 6) is 0.369. The number of imidazole rings is 1. The van der Waals surface area contributed by atoms with E-state index in [4.69, 9.17) is 30.5 Å². The molecule has 35 heavy (non-hydrogen) atoms. The predicted octanol–water partition coefficient (Wildman–Crippen LogP) is 0.122. The minimum Gasteiger partial charge on any atom is -0.400 e. The summed E-state index contributed by atoms with van der Waals surface area (Å²) < 4.78 is 53.1. The Morgan fingerprint density at radius 1 is 1.14 bits per heavy atom. The molecule has 22 heteroatoms. The van der Waals surface area contributed by atoms with Gasteiger partial charge in [-0.1, -0.05) is 0 Å². The zero-order chi connectivity index (χ0) is 26.4. The van der Waals surface area contributed by atoms with Crippen LogP contribution in [0.25, 0.3) is 11.2 Å². The topological polar surface area (TPSA) is 279 Å². The minimum absolute atomic E-state index is 0.00750. The minimum atomic E-state index is -5.59. The van der Waals surface area contributed by atoms with Gasteiger partial charge in [-0.05, 0) is 12.8 Å². The number of nitrogens with two attached hydrogens (primary N) is 1. The van der Waals surface area contributed by atoms with Crippen molar-refractivity contribution in [2.24, 2.45) is 0 Å². The molecule has 2 aromatic heterocycles. The van der Waals surface area contributed by atoms with E-state index in [0.29, 0.717) is 34.8 Å². The van der Waals surface area contributed by atoms with Crippen LogP contribution in [-0.2, 0) is 31.6 Å². The monoisotopic (exact) mass is 583 g/mol. The number of aliphatic hydroxyl groups is 2. The number of aromatic nitrogens is 4. The summed E-state index contributed by atoms with van der Waals surface area (Å²) in [6.07, 6.45) is 0.859. The number of fused-ring (bicyclic) bond motifs is 1. The molecular formula is C13H24N5O13P3S.